The van der Waals surface area contributed by atoms with Crippen molar-refractivity contribution in [2.75, 3.05) is 13.7 Å². The Labute approximate surface area is 126 Å². The van der Waals surface area contributed by atoms with E-state index in [0.717, 1.165) is 17.7 Å². The minimum Gasteiger partial charge on any atom is -0.497 e. The fourth-order valence-corrected chi connectivity index (χ4v) is 1.89. The molecule has 1 aromatic rings. The summed E-state index contributed by atoms with van der Waals surface area (Å²) in [5.41, 5.74) is 6.79. The van der Waals surface area contributed by atoms with Crippen molar-refractivity contribution in [2.45, 2.75) is 45.7 Å². The highest BCUT2D eigenvalue weighted by Crippen LogP contribution is 2.25. The molecule has 0 aromatic heterocycles. The molecule has 3 N–H and O–H groups in total. The van der Waals surface area contributed by atoms with E-state index in [1.165, 1.54) is 0 Å². The molecule has 0 spiro atoms. The molecule has 118 valence electrons. The van der Waals surface area contributed by atoms with Crippen LogP contribution in [0.3, 0.4) is 0 Å². The van der Waals surface area contributed by atoms with Crippen molar-refractivity contribution in [3.8, 4) is 11.5 Å². The number of ether oxygens (including phenoxy) is 2. The van der Waals surface area contributed by atoms with Crippen molar-refractivity contribution in [1.29, 1.82) is 0 Å². The van der Waals surface area contributed by atoms with Crippen LogP contribution in [0.5, 0.6) is 11.5 Å². The van der Waals surface area contributed by atoms with E-state index in [9.17, 15) is 4.79 Å². The van der Waals surface area contributed by atoms with E-state index >= 15 is 0 Å². The number of benzene rings is 1. The van der Waals surface area contributed by atoms with Gasteiger partial charge in [-0.05, 0) is 50.5 Å². The fraction of sp³-hybridized carbons (Fsp3) is 0.562. The summed E-state index contributed by atoms with van der Waals surface area (Å²) in [5.74, 6) is 1.31. The first-order valence-electron chi connectivity index (χ1n) is 7.30. The molecule has 0 aliphatic carbocycles. The number of carbonyl (C=O) groups excluding carboxylic acids is 1. The first-order chi connectivity index (χ1) is 9.96. The highest BCUT2D eigenvalue weighted by molar-refractivity contribution is 5.77. The number of hydrogen-bond acceptors (Lipinski definition) is 4. The maximum Gasteiger partial charge on any atom is 0.258 e. The van der Waals surface area contributed by atoms with E-state index in [4.69, 9.17) is 15.2 Å². The van der Waals surface area contributed by atoms with Crippen molar-refractivity contribution in [3.63, 3.8) is 0 Å². The van der Waals surface area contributed by atoms with E-state index in [2.05, 4.69) is 5.32 Å². The Morgan fingerprint density at radius 1 is 1.38 bits per heavy atom. The predicted molar refractivity (Wildman–Crippen MR) is 83.7 cm³/mol. The van der Waals surface area contributed by atoms with Gasteiger partial charge in [-0.15, -0.1) is 0 Å². The van der Waals surface area contributed by atoms with Crippen molar-refractivity contribution in [2.24, 2.45) is 5.73 Å². The molecule has 0 radical (unpaired) electrons. The topological polar surface area (TPSA) is 73.6 Å². The minimum absolute atomic E-state index is 0.00260. The number of nitrogens with one attached hydrogen (secondary N) is 1. The van der Waals surface area contributed by atoms with Crippen LogP contribution in [0.15, 0.2) is 18.2 Å². The summed E-state index contributed by atoms with van der Waals surface area (Å²) in [5, 5.41) is 2.87. The Balaban J connectivity index is 2.71. The molecule has 0 aliphatic heterocycles. The van der Waals surface area contributed by atoms with Crippen molar-refractivity contribution >= 4 is 5.91 Å². The molecular weight excluding hydrogens is 268 g/mol. The summed E-state index contributed by atoms with van der Waals surface area (Å²) in [4.78, 5) is 11.8. The zero-order valence-corrected chi connectivity index (χ0v) is 13.3. The van der Waals surface area contributed by atoms with E-state index in [1.54, 1.807) is 7.11 Å². The van der Waals surface area contributed by atoms with Gasteiger partial charge in [-0.2, -0.15) is 0 Å². The molecule has 1 rings (SSSR count). The van der Waals surface area contributed by atoms with Gasteiger partial charge in [0.2, 0.25) is 0 Å². The average Bonchev–Trinajstić information content (AvgIpc) is 2.45. The quantitative estimate of drug-likeness (QED) is 0.768. The third kappa shape index (κ3) is 6.04. The van der Waals surface area contributed by atoms with Gasteiger partial charge >= 0.3 is 0 Å². The molecule has 2 unspecified atom stereocenters. The molecule has 1 aromatic carbocycles. The molecule has 1 amide bonds. The zero-order valence-electron chi connectivity index (χ0n) is 13.3. The van der Waals surface area contributed by atoms with Crippen LogP contribution < -0.4 is 20.5 Å². The molecule has 21 heavy (non-hydrogen) atoms. The smallest absolute Gasteiger partial charge is 0.258 e. The highest BCUT2D eigenvalue weighted by Gasteiger charge is 2.11. The van der Waals surface area contributed by atoms with Crippen LogP contribution >= 0.6 is 0 Å². The second-order valence-electron chi connectivity index (χ2n) is 5.32. The van der Waals surface area contributed by atoms with Crippen LogP contribution in [-0.2, 0) is 11.2 Å². The Kier molecular flexibility index (Phi) is 7.02. The molecule has 0 aliphatic rings. The summed E-state index contributed by atoms with van der Waals surface area (Å²) in [7, 11) is 1.62. The number of carbonyl (C=O) groups is 1. The fourth-order valence-electron chi connectivity index (χ4n) is 1.89. The second-order valence-corrected chi connectivity index (χ2v) is 5.32. The van der Waals surface area contributed by atoms with Gasteiger partial charge in [0.25, 0.3) is 5.91 Å². The molecule has 0 heterocycles. The van der Waals surface area contributed by atoms with Crippen LogP contribution in [0.1, 0.15) is 32.8 Å². The third-order valence-corrected chi connectivity index (χ3v) is 3.19. The number of hydrogen-bond donors (Lipinski definition) is 2. The van der Waals surface area contributed by atoms with E-state index in [0.29, 0.717) is 12.2 Å². The number of methoxy groups -OCH3 is 1. The highest BCUT2D eigenvalue weighted by atomic mass is 16.5. The first kappa shape index (κ1) is 17.3. The van der Waals surface area contributed by atoms with E-state index in [-0.39, 0.29) is 24.6 Å². The van der Waals surface area contributed by atoms with Crippen molar-refractivity contribution in [1.82, 2.24) is 5.32 Å². The largest absolute Gasteiger partial charge is 0.497 e. The molecule has 0 bridgehead atoms. The Morgan fingerprint density at radius 3 is 2.67 bits per heavy atom. The average molecular weight is 294 g/mol. The molecular formula is C16H26N2O3. The molecule has 2 atom stereocenters. The Bertz CT molecular complexity index is 461. The van der Waals surface area contributed by atoms with E-state index in [1.807, 2.05) is 39.0 Å². The lowest BCUT2D eigenvalue weighted by atomic mass is 10.1. The lowest BCUT2D eigenvalue weighted by Crippen LogP contribution is -2.35. The van der Waals surface area contributed by atoms with Gasteiger partial charge in [-0.3, -0.25) is 4.79 Å². The summed E-state index contributed by atoms with van der Waals surface area (Å²) in [6.07, 6.45) is 1.56. The predicted octanol–water partition coefficient (Wildman–Crippen LogP) is 1.88. The molecule has 0 fully saturated rings. The summed E-state index contributed by atoms with van der Waals surface area (Å²) in [6, 6.07) is 5.68. The maximum atomic E-state index is 11.8. The summed E-state index contributed by atoms with van der Waals surface area (Å²) < 4.78 is 10.8. The van der Waals surface area contributed by atoms with Crippen LogP contribution in [0.25, 0.3) is 0 Å². The van der Waals surface area contributed by atoms with Gasteiger partial charge in [-0.25, -0.2) is 0 Å². The van der Waals surface area contributed by atoms with Gasteiger partial charge in [-0.1, -0.05) is 6.92 Å². The normalized spacial score (nSPS) is 13.4. The SMILES string of the molecule is CCC(C)NC(=O)COc1ccc(OC)cc1CC(C)N. The standard InChI is InChI=1S/C16H26N2O3/c1-5-12(3)18-16(19)10-21-15-7-6-14(20-4)9-13(15)8-11(2)17/h6-7,9,11-12H,5,8,10,17H2,1-4H3,(H,18,19). The molecule has 0 saturated carbocycles. The van der Waals surface area contributed by atoms with Crippen LogP contribution in [-0.4, -0.2) is 31.7 Å². The Hall–Kier alpha value is -1.75. The van der Waals surface area contributed by atoms with Gasteiger partial charge in [0.1, 0.15) is 11.5 Å². The first-order valence-corrected chi connectivity index (χ1v) is 7.30. The minimum atomic E-state index is -0.119. The monoisotopic (exact) mass is 294 g/mol. The van der Waals surface area contributed by atoms with Gasteiger partial charge in [0.15, 0.2) is 6.61 Å². The lowest BCUT2D eigenvalue weighted by Gasteiger charge is -2.15. The van der Waals surface area contributed by atoms with Crippen LogP contribution in [0.4, 0.5) is 0 Å². The molecule has 5 nitrogen and oxygen atoms in total. The molecule has 5 heteroatoms. The van der Waals surface area contributed by atoms with Crippen molar-refractivity contribution < 1.29 is 14.3 Å². The second kappa shape index (κ2) is 8.52. The van der Waals surface area contributed by atoms with E-state index < -0.39 is 0 Å². The van der Waals surface area contributed by atoms with Gasteiger partial charge in [0.05, 0.1) is 7.11 Å². The zero-order chi connectivity index (χ0) is 15.8. The number of rotatable bonds is 8. The van der Waals surface area contributed by atoms with Crippen molar-refractivity contribution in [3.05, 3.63) is 23.8 Å². The van der Waals surface area contributed by atoms with Crippen LogP contribution in [0, 0.1) is 0 Å². The summed E-state index contributed by atoms with van der Waals surface area (Å²) in [6.45, 7) is 5.92. The molecule has 0 saturated heterocycles. The third-order valence-electron chi connectivity index (χ3n) is 3.19. The maximum absolute atomic E-state index is 11.8. The van der Waals surface area contributed by atoms with Crippen LogP contribution in [0.2, 0.25) is 0 Å². The number of amides is 1. The number of nitrogens with two attached hydrogens (primary N) is 1. The summed E-state index contributed by atoms with van der Waals surface area (Å²) >= 11 is 0. The Morgan fingerprint density at radius 2 is 2.10 bits per heavy atom. The van der Waals surface area contributed by atoms with Gasteiger partial charge < -0.3 is 20.5 Å². The lowest BCUT2D eigenvalue weighted by molar-refractivity contribution is -0.123. The van der Waals surface area contributed by atoms with Gasteiger partial charge in [0, 0.05) is 12.1 Å².